The van der Waals surface area contributed by atoms with E-state index in [9.17, 15) is 5.11 Å². The van der Waals surface area contributed by atoms with Crippen LogP contribution < -0.4 is 0 Å². The van der Waals surface area contributed by atoms with Gasteiger partial charge in [0.2, 0.25) is 0 Å². The van der Waals surface area contributed by atoms with Gasteiger partial charge in [0.25, 0.3) is 0 Å². The van der Waals surface area contributed by atoms with E-state index in [-0.39, 0.29) is 18.3 Å². The molecule has 0 radical (unpaired) electrons. The summed E-state index contributed by atoms with van der Waals surface area (Å²) in [6.45, 7) is 9.92. The number of unbranched alkanes of at least 4 members (excludes halogenated alkanes) is 5. The van der Waals surface area contributed by atoms with Crippen LogP contribution in [-0.4, -0.2) is 23.4 Å². The molecule has 0 aliphatic carbocycles. The third kappa shape index (κ3) is 12.4. The van der Waals surface area contributed by atoms with Crippen LogP contribution in [0.1, 0.15) is 78.6 Å². The largest absolute Gasteiger partial charge is 0.393 e. The van der Waals surface area contributed by atoms with Crippen molar-refractivity contribution < 1.29 is 9.84 Å². The molecule has 0 aromatic heterocycles. The number of hydrogen-bond acceptors (Lipinski definition) is 2. The highest BCUT2D eigenvalue weighted by Crippen LogP contribution is 2.16. The van der Waals surface area contributed by atoms with Crippen molar-refractivity contribution in [2.75, 3.05) is 0 Å². The molecule has 2 nitrogen and oxygen atoms in total. The second-order valence-electron chi connectivity index (χ2n) is 5.73. The molecule has 0 fully saturated rings. The molecule has 19 heavy (non-hydrogen) atoms. The van der Waals surface area contributed by atoms with E-state index in [1.165, 1.54) is 38.5 Å². The minimum Gasteiger partial charge on any atom is -0.393 e. The van der Waals surface area contributed by atoms with Gasteiger partial charge in [-0.3, -0.25) is 0 Å². The molecular weight excluding hydrogens is 236 g/mol. The van der Waals surface area contributed by atoms with Crippen LogP contribution in [0.2, 0.25) is 0 Å². The lowest BCUT2D eigenvalue weighted by atomic mass is 10.0. The third-order valence-corrected chi connectivity index (χ3v) is 3.41. The summed E-state index contributed by atoms with van der Waals surface area (Å²) in [6, 6.07) is 0. The SMILES string of the molecule is C=CC[C@H](CCCCCCCC)O[C@H](C)C[C@@H](C)O. The second kappa shape index (κ2) is 12.7. The minimum atomic E-state index is -0.284. The molecule has 0 bridgehead atoms. The van der Waals surface area contributed by atoms with Gasteiger partial charge in [-0.05, 0) is 33.1 Å². The third-order valence-electron chi connectivity index (χ3n) is 3.41. The summed E-state index contributed by atoms with van der Waals surface area (Å²) in [5.74, 6) is 0. The molecule has 0 heterocycles. The highest BCUT2D eigenvalue weighted by atomic mass is 16.5. The van der Waals surface area contributed by atoms with Crippen LogP contribution in [0.25, 0.3) is 0 Å². The number of ether oxygens (including phenoxy) is 1. The Morgan fingerprint density at radius 3 is 2.32 bits per heavy atom. The van der Waals surface area contributed by atoms with Gasteiger partial charge in [-0.1, -0.05) is 51.5 Å². The average molecular weight is 270 g/mol. The predicted octanol–water partition coefficient (Wildman–Crippen LogP) is 4.86. The first-order chi connectivity index (χ1) is 9.10. The molecule has 0 aromatic rings. The smallest absolute Gasteiger partial charge is 0.0613 e. The zero-order chi connectivity index (χ0) is 14.5. The van der Waals surface area contributed by atoms with Crippen molar-refractivity contribution in [3.63, 3.8) is 0 Å². The molecule has 0 aliphatic heterocycles. The van der Waals surface area contributed by atoms with Gasteiger partial charge in [-0.2, -0.15) is 0 Å². The maximum Gasteiger partial charge on any atom is 0.0613 e. The Morgan fingerprint density at radius 2 is 1.74 bits per heavy atom. The van der Waals surface area contributed by atoms with Gasteiger partial charge in [-0.25, -0.2) is 0 Å². The van der Waals surface area contributed by atoms with Crippen molar-refractivity contribution in [2.24, 2.45) is 0 Å². The Hall–Kier alpha value is -0.340. The highest BCUT2D eigenvalue weighted by Gasteiger charge is 2.13. The van der Waals surface area contributed by atoms with Crippen molar-refractivity contribution in [1.82, 2.24) is 0 Å². The van der Waals surface area contributed by atoms with Crippen LogP contribution in [0.3, 0.4) is 0 Å². The number of rotatable bonds is 13. The lowest BCUT2D eigenvalue weighted by molar-refractivity contribution is -0.0267. The molecule has 0 unspecified atom stereocenters. The van der Waals surface area contributed by atoms with Crippen LogP contribution in [-0.2, 0) is 4.74 Å². The summed E-state index contributed by atoms with van der Waals surface area (Å²) in [7, 11) is 0. The zero-order valence-corrected chi connectivity index (χ0v) is 13.2. The Balaban J connectivity index is 3.75. The summed E-state index contributed by atoms with van der Waals surface area (Å²) in [5.41, 5.74) is 0. The van der Waals surface area contributed by atoms with Crippen LogP contribution in [0, 0.1) is 0 Å². The molecule has 1 N–H and O–H groups in total. The Bertz CT molecular complexity index is 201. The first-order valence-electron chi connectivity index (χ1n) is 8.04. The van der Waals surface area contributed by atoms with Crippen LogP contribution >= 0.6 is 0 Å². The van der Waals surface area contributed by atoms with Crippen molar-refractivity contribution >= 4 is 0 Å². The maximum absolute atomic E-state index is 9.36. The van der Waals surface area contributed by atoms with E-state index >= 15 is 0 Å². The lowest BCUT2D eigenvalue weighted by Crippen LogP contribution is -2.22. The standard InChI is InChI=1S/C17H34O2/c1-5-7-8-9-10-11-13-17(12-6-2)19-16(4)14-15(3)18/h6,15-18H,2,5,7-14H2,1,3-4H3/t15-,16-,17-/m1/s1. The van der Waals surface area contributed by atoms with Crippen LogP contribution in [0.5, 0.6) is 0 Å². The van der Waals surface area contributed by atoms with Crippen molar-refractivity contribution in [3.05, 3.63) is 12.7 Å². The van der Waals surface area contributed by atoms with E-state index in [0.717, 1.165) is 12.8 Å². The van der Waals surface area contributed by atoms with Gasteiger partial charge in [0, 0.05) is 0 Å². The van der Waals surface area contributed by atoms with E-state index in [1.54, 1.807) is 0 Å². The molecule has 0 saturated carbocycles. The summed E-state index contributed by atoms with van der Waals surface area (Å²) < 4.78 is 6.00. The highest BCUT2D eigenvalue weighted by molar-refractivity contribution is 4.75. The summed E-state index contributed by atoms with van der Waals surface area (Å²) in [4.78, 5) is 0. The normalized spacial score (nSPS) is 16.0. The monoisotopic (exact) mass is 270 g/mol. The summed E-state index contributed by atoms with van der Waals surface area (Å²) >= 11 is 0. The van der Waals surface area contributed by atoms with E-state index in [4.69, 9.17) is 4.74 Å². The first kappa shape index (κ1) is 18.7. The van der Waals surface area contributed by atoms with Crippen molar-refractivity contribution in [1.29, 1.82) is 0 Å². The average Bonchev–Trinajstić information content (AvgIpc) is 2.32. The molecular formula is C17H34O2. The minimum absolute atomic E-state index is 0.130. The maximum atomic E-state index is 9.36. The van der Waals surface area contributed by atoms with Gasteiger partial charge >= 0.3 is 0 Å². The molecule has 0 spiro atoms. The van der Waals surface area contributed by atoms with Crippen LogP contribution in [0.4, 0.5) is 0 Å². The summed E-state index contributed by atoms with van der Waals surface area (Å²) in [5, 5.41) is 9.36. The molecule has 2 heteroatoms. The molecule has 0 aromatic carbocycles. The Labute approximate surface area is 120 Å². The number of hydrogen-bond donors (Lipinski definition) is 1. The molecule has 3 atom stereocenters. The van der Waals surface area contributed by atoms with E-state index < -0.39 is 0 Å². The first-order valence-corrected chi connectivity index (χ1v) is 8.04. The number of aliphatic hydroxyl groups excluding tert-OH is 1. The predicted molar refractivity (Wildman–Crippen MR) is 83.4 cm³/mol. The van der Waals surface area contributed by atoms with Gasteiger partial charge in [-0.15, -0.1) is 6.58 Å². The molecule has 0 saturated heterocycles. The zero-order valence-electron chi connectivity index (χ0n) is 13.2. The summed E-state index contributed by atoms with van der Waals surface area (Å²) in [6.07, 6.45) is 12.7. The van der Waals surface area contributed by atoms with Crippen molar-refractivity contribution in [2.45, 2.75) is 96.9 Å². The van der Waals surface area contributed by atoms with Crippen LogP contribution in [0.15, 0.2) is 12.7 Å². The van der Waals surface area contributed by atoms with Crippen molar-refractivity contribution in [3.8, 4) is 0 Å². The Morgan fingerprint density at radius 1 is 1.11 bits per heavy atom. The van der Waals surface area contributed by atoms with Gasteiger partial charge in [0.1, 0.15) is 0 Å². The van der Waals surface area contributed by atoms with Gasteiger partial charge in [0.05, 0.1) is 18.3 Å². The Kier molecular flexibility index (Phi) is 12.5. The quantitative estimate of drug-likeness (QED) is 0.382. The lowest BCUT2D eigenvalue weighted by Gasteiger charge is -2.22. The van der Waals surface area contributed by atoms with E-state index in [0.29, 0.717) is 6.42 Å². The fourth-order valence-corrected chi connectivity index (χ4v) is 2.44. The van der Waals surface area contributed by atoms with Gasteiger partial charge < -0.3 is 9.84 Å². The van der Waals surface area contributed by atoms with Gasteiger partial charge in [0.15, 0.2) is 0 Å². The topological polar surface area (TPSA) is 29.5 Å². The fourth-order valence-electron chi connectivity index (χ4n) is 2.44. The molecule has 0 aliphatic rings. The molecule has 114 valence electrons. The molecule has 0 amide bonds. The fraction of sp³-hybridized carbons (Fsp3) is 0.882. The molecule has 0 rings (SSSR count). The number of aliphatic hydroxyl groups is 1. The second-order valence-corrected chi connectivity index (χ2v) is 5.73. The van der Waals surface area contributed by atoms with E-state index in [1.807, 2.05) is 19.9 Å². The van der Waals surface area contributed by atoms with E-state index in [2.05, 4.69) is 13.5 Å².